The standard InChI is InChI=1S/C11H14N2O2S/c12-11(14)15-6-5-13-9-7-16-10-4-2-1-3-8(9)10/h1-4,9,13H,5-7H2,(H2,12,14). The summed E-state index contributed by atoms with van der Waals surface area (Å²) in [6, 6.07) is 8.69. The van der Waals surface area contributed by atoms with Crippen LogP contribution in [0, 0.1) is 0 Å². The smallest absolute Gasteiger partial charge is 0.404 e. The highest BCUT2D eigenvalue weighted by Crippen LogP contribution is 2.37. The van der Waals surface area contributed by atoms with Gasteiger partial charge in [0.25, 0.3) is 0 Å². The van der Waals surface area contributed by atoms with Crippen LogP contribution in [0.25, 0.3) is 0 Å². The molecule has 3 N–H and O–H groups in total. The van der Waals surface area contributed by atoms with E-state index in [4.69, 9.17) is 5.73 Å². The molecule has 0 aliphatic carbocycles. The van der Waals surface area contributed by atoms with Crippen LogP contribution in [0.2, 0.25) is 0 Å². The molecule has 5 heteroatoms. The molecule has 0 saturated carbocycles. The zero-order valence-corrected chi connectivity index (χ0v) is 9.63. The van der Waals surface area contributed by atoms with E-state index in [-0.39, 0.29) is 0 Å². The predicted octanol–water partition coefficient (Wildman–Crippen LogP) is 1.52. The van der Waals surface area contributed by atoms with Gasteiger partial charge in [0, 0.05) is 23.2 Å². The van der Waals surface area contributed by atoms with Crippen molar-refractivity contribution in [1.82, 2.24) is 5.32 Å². The molecule has 1 atom stereocenters. The summed E-state index contributed by atoms with van der Waals surface area (Å²) < 4.78 is 4.66. The van der Waals surface area contributed by atoms with Crippen molar-refractivity contribution in [3.63, 3.8) is 0 Å². The van der Waals surface area contributed by atoms with Gasteiger partial charge in [0.05, 0.1) is 0 Å². The molecule has 1 aromatic carbocycles. The summed E-state index contributed by atoms with van der Waals surface area (Å²) in [5, 5.41) is 3.34. The summed E-state index contributed by atoms with van der Waals surface area (Å²) >= 11 is 1.85. The second-order valence-electron chi connectivity index (χ2n) is 3.52. The quantitative estimate of drug-likeness (QED) is 0.781. The van der Waals surface area contributed by atoms with Crippen molar-refractivity contribution in [1.29, 1.82) is 0 Å². The Hall–Kier alpha value is -1.20. The lowest BCUT2D eigenvalue weighted by Crippen LogP contribution is -2.27. The molecule has 0 bridgehead atoms. The Balaban J connectivity index is 1.82. The first-order chi connectivity index (χ1) is 7.77. The fraction of sp³-hybridized carbons (Fsp3) is 0.364. The topological polar surface area (TPSA) is 64.4 Å². The molecule has 1 amide bonds. The van der Waals surface area contributed by atoms with Crippen LogP contribution in [-0.2, 0) is 4.74 Å². The summed E-state index contributed by atoms with van der Waals surface area (Å²) in [4.78, 5) is 11.7. The average Bonchev–Trinajstić information content (AvgIpc) is 2.68. The fourth-order valence-corrected chi connectivity index (χ4v) is 2.91. The molecule has 4 nitrogen and oxygen atoms in total. The van der Waals surface area contributed by atoms with Crippen LogP contribution < -0.4 is 11.1 Å². The average molecular weight is 238 g/mol. The molecule has 0 saturated heterocycles. The normalized spacial score (nSPS) is 18.1. The van der Waals surface area contributed by atoms with Crippen molar-refractivity contribution in [3.8, 4) is 0 Å². The molecule has 2 rings (SSSR count). The summed E-state index contributed by atoms with van der Waals surface area (Å²) in [7, 11) is 0. The van der Waals surface area contributed by atoms with Gasteiger partial charge in [-0.25, -0.2) is 4.79 Å². The van der Waals surface area contributed by atoms with Crippen molar-refractivity contribution in [2.45, 2.75) is 10.9 Å². The summed E-state index contributed by atoms with van der Waals surface area (Å²) in [5.41, 5.74) is 6.20. The molecule has 0 aromatic heterocycles. The Bertz CT molecular complexity index is 384. The molecule has 1 aliphatic rings. The molecule has 1 unspecified atom stereocenters. The minimum atomic E-state index is -0.719. The molecular formula is C11H14N2O2S. The summed E-state index contributed by atoms with van der Waals surface area (Å²) in [6.07, 6.45) is -0.719. The summed E-state index contributed by atoms with van der Waals surface area (Å²) in [6.45, 7) is 0.946. The van der Waals surface area contributed by atoms with Gasteiger partial charge in [0.15, 0.2) is 0 Å². The van der Waals surface area contributed by atoms with E-state index in [1.54, 1.807) is 0 Å². The number of hydrogen-bond donors (Lipinski definition) is 2. The first-order valence-corrected chi connectivity index (χ1v) is 6.13. The van der Waals surface area contributed by atoms with Crippen LogP contribution in [0.5, 0.6) is 0 Å². The zero-order chi connectivity index (χ0) is 11.4. The second-order valence-corrected chi connectivity index (χ2v) is 4.58. The van der Waals surface area contributed by atoms with Crippen molar-refractivity contribution >= 4 is 17.9 Å². The van der Waals surface area contributed by atoms with Crippen molar-refractivity contribution < 1.29 is 9.53 Å². The van der Waals surface area contributed by atoms with Gasteiger partial charge in [0.2, 0.25) is 0 Å². The van der Waals surface area contributed by atoms with E-state index in [0.29, 0.717) is 19.2 Å². The van der Waals surface area contributed by atoms with E-state index < -0.39 is 6.09 Å². The lowest BCUT2D eigenvalue weighted by Gasteiger charge is -2.12. The number of benzene rings is 1. The molecule has 1 heterocycles. The van der Waals surface area contributed by atoms with Crippen LogP contribution in [0.4, 0.5) is 4.79 Å². The van der Waals surface area contributed by atoms with Gasteiger partial charge in [-0.3, -0.25) is 0 Å². The first-order valence-electron chi connectivity index (χ1n) is 5.14. The third kappa shape index (κ3) is 2.68. The number of thioether (sulfide) groups is 1. The highest BCUT2D eigenvalue weighted by atomic mass is 32.2. The number of carbonyl (C=O) groups excluding carboxylic acids is 1. The maximum atomic E-state index is 10.4. The van der Waals surface area contributed by atoms with Crippen molar-refractivity contribution in [3.05, 3.63) is 29.8 Å². The maximum Gasteiger partial charge on any atom is 0.404 e. The second kappa shape index (κ2) is 5.23. The molecule has 16 heavy (non-hydrogen) atoms. The number of hydrogen-bond acceptors (Lipinski definition) is 4. The lowest BCUT2D eigenvalue weighted by molar-refractivity contribution is 0.156. The van der Waals surface area contributed by atoms with Gasteiger partial charge < -0.3 is 15.8 Å². The van der Waals surface area contributed by atoms with Crippen LogP contribution in [0.15, 0.2) is 29.2 Å². The number of rotatable bonds is 4. The van der Waals surface area contributed by atoms with Crippen molar-refractivity contribution in [2.24, 2.45) is 5.73 Å². The third-order valence-electron chi connectivity index (χ3n) is 2.44. The van der Waals surface area contributed by atoms with E-state index in [0.717, 1.165) is 5.75 Å². The number of ether oxygens (including phenoxy) is 1. The SMILES string of the molecule is NC(=O)OCCNC1CSc2ccccc21. The number of amides is 1. The molecule has 0 spiro atoms. The number of fused-ring (bicyclic) bond motifs is 1. The molecule has 1 aliphatic heterocycles. The van der Waals surface area contributed by atoms with Crippen LogP contribution in [0.1, 0.15) is 11.6 Å². The van der Waals surface area contributed by atoms with E-state index >= 15 is 0 Å². The fourth-order valence-electron chi connectivity index (χ4n) is 1.72. The minimum absolute atomic E-state index is 0.318. The highest BCUT2D eigenvalue weighted by Gasteiger charge is 2.21. The van der Waals surface area contributed by atoms with Crippen LogP contribution in [0.3, 0.4) is 0 Å². The Morgan fingerprint density at radius 3 is 3.19 bits per heavy atom. The Labute approximate surface area is 98.5 Å². The molecule has 0 radical (unpaired) electrons. The third-order valence-corrected chi connectivity index (χ3v) is 3.62. The van der Waals surface area contributed by atoms with Crippen LogP contribution in [-0.4, -0.2) is 25.0 Å². The Morgan fingerprint density at radius 2 is 2.38 bits per heavy atom. The number of carbonyl (C=O) groups is 1. The van der Waals surface area contributed by atoms with E-state index in [1.807, 2.05) is 23.9 Å². The minimum Gasteiger partial charge on any atom is -0.448 e. The van der Waals surface area contributed by atoms with Gasteiger partial charge in [-0.15, -0.1) is 11.8 Å². The number of nitrogens with one attached hydrogen (secondary N) is 1. The lowest BCUT2D eigenvalue weighted by atomic mass is 10.1. The Kier molecular flexibility index (Phi) is 3.69. The predicted molar refractivity (Wildman–Crippen MR) is 63.4 cm³/mol. The van der Waals surface area contributed by atoms with Crippen LogP contribution >= 0.6 is 11.8 Å². The molecule has 0 fully saturated rings. The van der Waals surface area contributed by atoms with E-state index in [1.165, 1.54) is 10.5 Å². The Morgan fingerprint density at radius 1 is 1.56 bits per heavy atom. The molecular weight excluding hydrogens is 224 g/mol. The number of primary amides is 1. The first kappa shape index (κ1) is 11.3. The maximum absolute atomic E-state index is 10.4. The van der Waals surface area contributed by atoms with Gasteiger partial charge in [-0.2, -0.15) is 0 Å². The molecule has 86 valence electrons. The summed E-state index contributed by atoms with van der Waals surface area (Å²) in [5.74, 6) is 1.02. The van der Waals surface area contributed by atoms with E-state index in [2.05, 4.69) is 22.2 Å². The number of nitrogens with two attached hydrogens (primary N) is 1. The van der Waals surface area contributed by atoms with Gasteiger partial charge in [-0.05, 0) is 11.6 Å². The van der Waals surface area contributed by atoms with E-state index in [9.17, 15) is 4.79 Å². The van der Waals surface area contributed by atoms with Gasteiger partial charge in [0.1, 0.15) is 6.61 Å². The van der Waals surface area contributed by atoms with Gasteiger partial charge >= 0.3 is 6.09 Å². The highest BCUT2D eigenvalue weighted by molar-refractivity contribution is 7.99. The largest absolute Gasteiger partial charge is 0.448 e. The molecule has 1 aromatic rings. The monoisotopic (exact) mass is 238 g/mol. The zero-order valence-electron chi connectivity index (χ0n) is 8.81. The van der Waals surface area contributed by atoms with Crippen molar-refractivity contribution in [2.75, 3.05) is 18.9 Å². The van der Waals surface area contributed by atoms with Gasteiger partial charge in [-0.1, -0.05) is 18.2 Å².